The number of amides is 1. The Morgan fingerprint density at radius 3 is 2.11 bits per heavy atom. The fourth-order valence-corrected chi connectivity index (χ4v) is 4.00. The Labute approximate surface area is 204 Å². The number of likely N-dealkylation sites (tertiary alicyclic amines) is 1. The SMILES string of the molecule is COC(=O)c1ccc(CN2C(=O)C(=O)/C(=C(\O)c3ccc([N+](=O)[O-])cc3)C2c2ccc(O)cc2)cc1. The van der Waals surface area contributed by atoms with E-state index < -0.39 is 34.4 Å². The molecule has 182 valence electrons. The van der Waals surface area contributed by atoms with Crippen LogP contribution in [0.5, 0.6) is 5.75 Å². The summed E-state index contributed by atoms with van der Waals surface area (Å²) < 4.78 is 4.69. The van der Waals surface area contributed by atoms with Crippen molar-refractivity contribution in [2.24, 2.45) is 0 Å². The number of carbonyl (C=O) groups is 3. The summed E-state index contributed by atoms with van der Waals surface area (Å²) in [6.07, 6.45) is 0. The Hall–Kier alpha value is -4.99. The summed E-state index contributed by atoms with van der Waals surface area (Å²) in [6, 6.07) is 16.1. The number of nitrogens with zero attached hydrogens (tertiary/aromatic N) is 2. The van der Waals surface area contributed by atoms with Gasteiger partial charge in [-0.1, -0.05) is 24.3 Å². The number of rotatable bonds is 6. The van der Waals surface area contributed by atoms with Crippen molar-refractivity contribution in [3.05, 3.63) is 111 Å². The minimum absolute atomic E-state index is 0.0192. The van der Waals surface area contributed by atoms with E-state index in [4.69, 9.17) is 0 Å². The topological polar surface area (TPSA) is 147 Å². The lowest BCUT2D eigenvalue weighted by Crippen LogP contribution is -2.29. The summed E-state index contributed by atoms with van der Waals surface area (Å²) in [5, 5.41) is 31.7. The van der Waals surface area contributed by atoms with E-state index in [-0.39, 0.29) is 29.1 Å². The molecule has 1 saturated heterocycles. The molecule has 0 aromatic heterocycles. The molecule has 1 amide bonds. The third kappa shape index (κ3) is 4.51. The van der Waals surface area contributed by atoms with Crippen molar-refractivity contribution in [3.63, 3.8) is 0 Å². The number of benzene rings is 3. The highest BCUT2D eigenvalue weighted by Crippen LogP contribution is 2.40. The van der Waals surface area contributed by atoms with Crippen molar-refractivity contribution in [2.75, 3.05) is 7.11 Å². The lowest BCUT2D eigenvalue weighted by atomic mass is 9.95. The van der Waals surface area contributed by atoms with Crippen LogP contribution in [0, 0.1) is 10.1 Å². The van der Waals surface area contributed by atoms with Crippen molar-refractivity contribution in [1.82, 2.24) is 4.90 Å². The number of esters is 1. The molecule has 4 rings (SSSR count). The Bertz CT molecular complexity index is 1380. The maximum absolute atomic E-state index is 13.1. The number of carbonyl (C=O) groups excluding carboxylic acids is 3. The molecule has 10 heteroatoms. The van der Waals surface area contributed by atoms with E-state index in [2.05, 4.69) is 4.74 Å². The molecule has 36 heavy (non-hydrogen) atoms. The minimum Gasteiger partial charge on any atom is -0.508 e. The number of phenols is 1. The van der Waals surface area contributed by atoms with E-state index in [0.29, 0.717) is 16.7 Å². The molecule has 1 heterocycles. The second-order valence-corrected chi connectivity index (χ2v) is 8.01. The van der Waals surface area contributed by atoms with Gasteiger partial charge in [-0.05, 0) is 47.5 Å². The molecule has 3 aromatic rings. The van der Waals surface area contributed by atoms with Gasteiger partial charge in [-0.3, -0.25) is 19.7 Å². The fraction of sp³-hybridized carbons (Fsp3) is 0.115. The van der Waals surface area contributed by atoms with Crippen LogP contribution in [0.25, 0.3) is 5.76 Å². The van der Waals surface area contributed by atoms with Gasteiger partial charge < -0.3 is 19.8 Å². The van der Waals surface area contributed by atoms with Crippen LogP contribution in [0.2, 0.25) is 0 Å². The van der Waals surface area contributed by atoms with Gasteiger partial charge in [-0.15, -0.1) is 0 Å². The summed E-state index contributed by atoms with van der Waals surface area (Å²) in [5.74, 6) is -2.80. The molecule has 10 nitrogen and oxygen atoms in total. The molecule has 1 atom stereocenters. The first-order chi connectivity index (χ1) is 17.2. The van der Waals surface area contributed by atoms with Gasteiger partial charge >= 0.3 is 5.97 Å². The number of Topliss-reactive ketones (excluding diaryl/α,β-unsaturated/α-hetero) is 1. The standard InChI is InChI=1S/C26H20N2O8/c1-36-26(33)18-4-2-15(3-5-18)14-27-22(16-8-12-20(29)13-9-16)21(24(31)25(27)32)23(30)17-6-10-19(11-7-17)28(34)35/h2-13,22,29-30H,14H2,1H3/b23-21-. The van der Waals surface area contributed by atoms with Crippen LogP contribution in [-0.2, 0) is 20.9 Å². The van der Waals surface area contributed by atoms with Gasteiger partial charge in [-0.25, -0.2) is 4.79 Å². The van der Waals surface area contributed by atoms with Crippen molar-refractivity contribution in [2.45, 2.75) is 12.6 Å². The molecule has 0 bridgehead atoms. The number of non-ortho nitro benzene ring substituents is 1. The Balaban J connectivity index is 1.78. The number of aromatic hydroxyl groups is 1. The van der Waals surface area contributed by atoms with Gasteiger partial charge in [-0.2, -0.15) is 0 Å². The van der Waals surface area contributed by atoms with Gasteiger partial charge in [0.1, 0.15) is 11.5 Å². The first-order valence-electron chi connectivity index (χ1n) is 10.7. The quantitative estimate of drug-likeness (QED) is 0.133. The van der Waals surface area contributed by atoms with Crippen LogP contribution >= 0.6 is 0 Å². The number of aliphatic hydroxyl groups is 1. The summed E-state index contributed by atoms with van der Waals surface area (Å²) in [7, 11) is 1.26. The lowest BCUT2D eigenvalue weighted by molar-refractivity contribution is -0.384. The zero-order chi connectivity index (χ0) is 26.0. The number of ether oxygens (including phenoxy) is 1. The molecule has 0 aliphatic carbocycles. The van der Waals surface area contributed by atoms with Crippen LogP contribution < -0.4 is 0 Å². The molecule has 1 unspecified atom stereocenters. The Morgan fingerprint density at radius 1 is 0.972 bits per heavy atom. The number of nitro groups is 1. The number of nitro benzene ring substituents is 1. The molecule has 0 spiro atoms. The normalized spacial score (nSPS) is 16.7. The second-order valence-electron chi connectivity index (χ2n) is 8.01. The lowest BCUT2D eigenvalue weighted by Gasteiger charge is -2.25. The van der Waals surface area contributed by atoms with Crippen LogP contribution in [0.3, 0.4) is 0 Å². The zero-order valence-corrected chi connectivity index (χ0v) is 19.0. The molecule has 2 N–H and O–H groups in total. The van der Waals surface area contributed by atoms with Gasteiger partial charge in [0.15, 0.2) is 0 Å². The average Bonchev–Trinajstić information content (AvgIpc) is 3.13. The molecular formula is C26H20N2O8. The summed E-state index contributed by atoms with van der Waals surface area (Å²) in [5.41, 5.74) is 1.13. The van der Waals surface area contributed by atoms with Crippen molar-refractivity contribution < 1.29 is 34.3 Å². The summed E-state index contributed by atoms with van der Waals surface area (Å²) in [6.45, 7) is -0.0192. The van der Waals surface area contributed by atoms with Crippen LogP contribution in [0.1, 0.15) is 33.1 Å². The first-order valence-corrected chi connectivity index (χ1v) is 10.7. The maximum Gasteiger partial charge on any atom is 0.337 e. The monoisotopic (exact) mass is 488 g/mol. The number of hydrogen-bond donors (Lipinski definition) is 2. The highest BCUT2D eigenvalue weighted by molar-refractivity contribution is 6.46. The minimum atomic E-state index is -0.999. The maximum atomic E-state index is 13.1. The smallest absolute Gasteiger partial charge is 0.337 e. The van der Waals surface area contributed by atoms with E-state index in [1.54, 1.807) is 12.1 Å². The van der Waals surface area contributed by atoms with E-state index in [9.17, 15) is 34.7 Å². The van der Waals surface area contributed by atoms with Crippen molar-refractivity contribution >= 4 is 29.1 Å². The van der Waals surface area contributed by atoms with E-state index in [1.165, 1.54) is 72.7 Å². The molecule has 1 fully saturated rings. The molecule has 1 aliphatic rings. The van der Waals surface area contributed by atoms with Crippen LogP contribution in [0.4, 0.5) is 5.69 Å². The van der Waals surface area contributed by atoms with E-state index >= 15 is 0 Å². The predicted octanol–water partition coefficient (Wildman–Crippen LogP) is 3.71. The molecule has 0 radical (unpaired) electrons. The van der Waals surface area contributed by atoms with Gasteiger partial charge in [0.2, 0.25) is 0 Å². The number of ketones is 1. The van der Waals surface area contributed by atoms with Gasteiger partial charge in [0.05, 0.1) is 29.2 Å². The molecule has 0 saturated carbocycles. The highest BCUT2D eigenvalue weighted by Gasteiger charge is 2.46. The van der Waals surface area contributed by atoms with Crippen LogP contribution in [-0.4, -0.2) is 44.8 Å². The number of methoxy groups -OCH3 is 1. The second kappa shape index (κ2) is 9.71. The number of phenolic OH excluding ortho intramolecular Hbond substituents is 1. The van der Waals surface area contributed by atoms with Crippen molar-refractivity contribution in [3.8, 4) is 5.75 Å². The largest absolute Gasteiger partial charge is 0.508 e. The third-order valence-corrected chi connectivity index (χ3v) is 5.83. The fourth-order valence-electron chi connectivity index (χ4n) is 4.00. The summed E-state index contributed by atoms with van der Waals surface area (Å²) in [4.78, 5) is 49.6. The molecule has 1 aliphatic heterocycles. The predicted molar refractivity (Wildman–Crippen MR) is 127 cm³/mol. The summed E-state index contributed by atoms with van der Waals surface area (Å²) >= 11 is 0. The third-order valence-electron chi connectivity index (χ3n) is 5.83. The zero-order valence-electron chi connectivity index (χ0n) is 19.0. The Morgan fingerprint density at radius 2 is 1.56 bits per heavy atom. The van der Waals surface area contributed by atoms with E-state index in [0.717, 1.165) is 0 Å². The average molecular weight is 488 g/mol. The first kappa shape index (κ1) is 24.1. The molecule has 3 aromatic carbocycles. The number of hydrogen-bond acceptors (Lipinski definition) is 8. The Kier molecular flexibility index (Phi) is 6.51. The molecular weight excluding hydrogens is 468 g/mol. The van der Waals surface area contributed by atoms with Gasteiger partial charge in [0, 0.05) is 24.2 Å². The van der Waals surface area contributed by atoms with Crippen LogP contribution in [0.15, 0.2) is 78.4 Å². The highest BCUT2D eigenvalue weighted by atomic mass is 16.6. The van der Waals surface area contributed by atoms with Gasteiger partial charge in [0.25, 0.3) is 17.4 Å². The van der Waals surface area contributed by atoms with Crippen molar-refractivity contribution in [1.29, 1.82) is 0 Å². The van der Waals surface area contributed by atoms with E-state index in [1.807, 2.05) is 0 Å². The number of aliphatic hydroxyl groups excluding tert-OH is 1.